The maximum atomic E-state index is 12.8. The lowest BCUT2D eigenvalue weighted by Gasteiger charge is -2.37. The highest BCUT2D eigenvalue weighted by Crippen LogP contribution is 2.25. The number of aryl methyl sites for hydroxylation is 2. The molecule has 2 rings (SSSR count). The monoisotopic (exact) mass is 347 g/mol. The van der Waals surface area contributed by atoms with Crippen molar-refractivity contribution in [3.8, 4) is 0 Å². The summed E-state index contributed by atoms with van der Waals surface area (Å²) in [4.78, 5) is 26.8. The summed E-state index contributed by atoms with van der Waals surface area (Å²) >= 11 is 0. The zero-order chi connectivity index (χ0) is 18.4. The largest absolute Gasteiger partial charge is 0.383 e. The molecule has 0 aliphatic carbocycles. The molecule has 0 aromatic heterocycles. The van der Waals surface area contributed by atoms with Crippen molar-refractivity contribution in [2.24, 2.45) is 5.92 Å². The van der Waals surface area contributed by atoms with E-state index in [4.69, 9.17) is 4.74 Å². The van der Waals surface area contributed by atoms with Crippen LogP contribution in [0.3, 0.4) is 0 Å². The van der Waals surface area contributed by atoms with Crippen LogP contribution in [0.25, 0.3) is 0 Å². The van der Waals surface area contributed by atoms with Crippen LogP contribution in [-0.2, 0) is 9.53 Å². The van der Waals surface area contributed by atoms with Gasteiger partial charge in [0.05, 0.1) is 12.5 Å². The molecule has 1 fully saturated rings. The summed E-state index contributed by atoms with van der Waals surface area (Å²) in [6.45, 7) is 7.42. The molecule has 0 spiro atoms. The first-order valence-electron chi connectivity index (χ1n) is 8.84. The van der Waals surface area contributed by atoms with E-state index in [1.54, 1.807) is 12.0 Å². The third-order valence-electron chi connectivity index (χ3n) is 4.83. The molecule has 1 saturated heterocycles. The summed E-state index contributed by atoms with van der Waals surface area (Å²) in [7, 11) is 1.61. The fraction of sp³-hybridized carbons (Fsp3) is 0.579. The molecule has 6 nitrogen and oxygen atoms in total. The third-order valence-corrected chi connectivity index (χ3v) is 4.83. The van der Waals surface area contributed by atoms with Gasteiger partial charge in [0.1, 0.15) is 0 Å². The first-order valence-corrected chi connectivity index (χ1v) is 8.84. The Bertz CT molecular complexity index is 598. The summed E-state index contributed by atoms with van der Waals surface area (Å²) in [5.74, 6) is -0.175. The van der Waals surface area contributed by atoms with Crippen molar-refractivity contribution in [3.05, 3.63) is 29.3 Å². The number of anilines is 1. The van der Waals surface area contributed by atoms with Crippen molar-refractivity contribution >= 4 is 17.6 Å². The van der Waals surface area contributed by atoms with E-state index < -0.39 is 0 Å². The summed E-state index contributed by atoms with van der Waals surface area (Å²) in [5.41, 5.74) is 2.92. The Labute approximate surface area is 149 Å². The molecule has 0 bridgehead atoms. The highest BCUT2D eigenvalue weighted by Gasteiger charge is 2.32. The number of methoxy groups -OCH3 is 1. The number of amides is 3. The second-order valence-electron chi connectivity index (χ2n) is 6.76. The van der Waals surface area contributed by atoms with Crippen molar-refractivity contribution in [3.63, 3.8) is 0 Å². The van der Waals surface area contributed by atoms with Gasteiger partial charge in [-0.05, 0) is 44.7 Å². The number of ether oxygens (including phenoxy) is 1. The minimum Gasteiger partial charge on any atom is -0.383 e. The van der Waals surface area contributed by atoms with Gasteiger partial charge in [0.15, 0.2) is 0 Å². The lowest BCUT2D eigenvalue weighted by Crippen LogP contribution is -2.51. The molecule has 25 heavy (non-hydrogen) atoms. The number of urea groups is 1. The van der Waals surface area contributed by atoms with Crippen LogP contribution in [0.2, 0.25) is 0 Å². The van der Waals surface area contributed by atoms with E-state index in [2.05, 4.69) is 10.6 Å². The topological polar surface area (TPSA) is 70.7 Å². The number of nitrogens with zero attached hydrogens (tertiary/aromatic N) is 1. The minimum atomic E-state index is -0.170. The predicted octanol–water partition coefficient (Wildman–Crippen LogP) is 2.70. The molecule has 1 aromatic carbocycles. The number of rotatable bonds is 5. The van der Waals surface area contributed by atoms with Crippen LogP contribution < -0.4 is 10.6 Å². The summed E-state index contributed by atoms with van der Waals surface area (Å²) < 4.78 is 4.96. The summed E-state index contributed by atoms with van der Waals surface area (Å²) in [6.07, 6.45) is 1.62. The average Bonchev–Trinajstić information content (AvgIpc) is 2.58. The fourth-order valence-electron chi connectivity index (χ4n) is 3.21. The molecular formula is C19H29N3O3. The van der Waals surface area contributed by atoms with Gasteiger partial charge < -0.3 is 20.3 Å². The van der Waals surface area contributed by atoms with Crippen molar-refractivity contribution in [2.45, 2.75) is 39.7 Å². The van der Waals surface area contributed by atoms with Crippen LogP contribution in [0, 0.1) is 19.8 Å². The van der Waals surface area contributed by atoms with Gasteiger partial charge in [0, 0.05) is 31.9 Å². The normalized spacial score (nSPS) is 20.2. The molecule has 1 heterocycles. The Morgan fingerprint density at radius 2 is 1.92 bits per heavy atom. The third kappa shape index (κ3) is 4.95. The Morgan fingerprint density at radius 1 is 1.24 bits per heavy atom. The van der Waals surface area contributed by atoms with Crippen LogP contribution in [0.1, 0.15) is 30.9 Å². The van der Waals surface area contributed by atoms with Gasteiger partial charge in [-0.25, -0.2) is 4.79 Å². The Balaban J connectivity index is 2.01. The number of carbonyl (C=O) groups is 2. The molecule has 2 atom stereocenters. The van der Waals surface area contributed by atoms with Crippen LogP contribution in [-0.4, -0.2) is 49.7 Å². The highest BCUT2D eigenvalue weighted by atomic mass is 16.5. The average molecular weight is 347 g/mol. The molecule has 1 aliphatic rings. The highest BCUT2D eigenvalue weighted by molar-refractivity contribution is 5.92. The molecule has 0 saturated carbocycles. The van der Waals surface area contributed by atoms with E-state index in [1.165, 1.54) is 0 Å². The number of piperidine rings is 1. The van der Waals surface area contributed by atoms with Gasteiger partial charge >= 0.3 is 6.03 Å². The van der Waals surface area contributed by atoms with Crippen molar-refractivity contribution < 1.29 is 14.3 Å². The molecule has 1 aromatic rings. The van der Waals surface area contributed by atoms with E-state index >= 15 is 0 Å². The Kier molecular flexibility index (Phi) is 6.82. The Hall–Kier alpha value is -2.08. The number of carbonyl (C=O) groups excluding carboxylic acids is 2. The number of para-hydroxylation sites is 1. The second-order valence-corrected chi connectivity index (χ2v) is 6.76. The quantitative estimate of drug-likeness (QED) is 0.805. The number of benzene rings is 1. The standard InChI is InChI=1S/C19H29N3O3/c1-13-6-5-7-14(2)17(13)21-19(24)22-12-16(9-8-15(22)3)18(23)20-10-11-25-4/h5-7,15-16H,8-12H2,1-4H3,(H,20,23)(H,21,24)/t15-,16+/m0/s1. The molecule has 0 unspecified atom stereocenters. The Morgan fingerprint density at radius 3 is 2.56 bits per heavy atom. The van der Waals surface area contributed by atoms with E-state index in [1.807, 2.05) is 39.0 Å². The van der Waals surface area contributed by atoms with E-state index in [-0.39, 0.29) is 23.9 Å². The first-order chi connectivity index (χ1) is 11.9. The SMILES string of the molecule is COCCNC(=O)[C@@H]1CC[C@H](C)N(C(=O)Nc2c(C)cccc2C)C1. The zero-order valence-corrected chi connectivity index (χ0v) is 15.6. The lowest BCUT2D eigenvalue weighted by molar-refractivity contribution is -0.126. The van der Waals surface area contributed by atoms with Crippen LogP contribution >= 0.6 is 0 Å². The molecule has 3 amide bonds. The van der Waals surface area contributed by atoms with Crippen molar-refractivity contribution in [1.82, 2.24) is 10.2 Å². The molecular weight excluding hydrogens is 318 g/mol. The maximum Gasteiger partial charge on any atom is 0.322 e. The van der Waals surface area contributed by atoms with Gasteiger partial charge in [-0.15, -0.1) is 0 Å². The van der Waals surface area contributed by atoms with Crippen molar-refractivity contribution in [1.29, 1.82) is 0 Å². The molecule has 138 valence electrons. The van der Waals surface area contributed by atoms with Crippen molar-refractivity contribution in [2.75, 3.05) is 32.1 Å². The smallest absolute Gasteiger partial charge is 0.322 e. The molecule has 2 N–H and O–H groups in total. The minimum absolute atomic E-state index is 0.00572. The van der Waals surface area contributed by atoms with E-state index in [0.29, 0.717) is 19.7 Å². The number of hydrogen-bond acceptors (Lipinski definition) is 3. The molecule has 1 aliphatic heterocycles. The van der Waals surface area contributed by atoms with E-state index in [9.17, 15) is 9.59 Å². The number of likely N-dealkylation sites (tertiary alicyclic amines) is 1. The van der Waals surface area contributed by atoms with Crippen LogP contribution in [0.15, 0.2) is 18.2 Å². The summed E-state index contributed by atoms with van der Waals surface area (Å²) in [5, 5.41) is 5.90. The molecule has 6 heteroatoms. The number of hydrogen-bond donors (Lipinski definition) is 2. The van der Waals surface area contributed by atoms with Crippen LogP contribution in [0.4, 0.5) is 10.5 Å². The molecule has 0 radical (unpaired) electrons. The fourth-order valence-corrected chi connectivity index (χ4v) is 3.21. The maximum absolute atomic E-state index is 12.8. The van der Waals surface area contributed by atoms with Gasteiger partial charge in [-0.3, -0.25) is 4.79 Å². The van der Waals surface area contributed by atoms with Gasteiger partial charge in [-0.2, -0.15) is 0 Å². The lowest BCUT2D eigenvalue weighted by atomic mass is 9.93. The zero-order valence-electron chi connectivity index (χ0n) is 15.6. The number of nitrogens with one attached hydrogen (secondary N) is 2. The van der Waals surface area contributed by atoms with Gasteiger partial charge in [0.25, 0.3) is 0 Å². The predicted molar refractivity (Wildman–Crippen MR) is 98.7 cm³/mol. The van der Waals surface area contributed by atoms with Gasteiger partial charge in [-0.1, -0.05) is 18.2 Å². The first kappa shape index (κ1) is 19.2. The van der Waals surface area contributed by atoms with E-state index in [0.717, 1.165) is 29.7 Å². The van der Waals surface area contributed by atoms with Gasteiger partial charge in [0.2, 0.25) is 5.91 Å². The summed E-state index contributed by atoms with van der Waals surface area (Å²) in [6, 6.07) is 5.92. The second kappa shape index (κ2) is 8.85. The van der Waals surface area contributed by atoms with Crippen LogP contribution in [0.5, 0.6) is 0 Å².